The summed E-state index contributed by atoms with van der Waals surface area (Å²) in [5.74, 6) is -0.746. The van der Waals surface area contributed by atoms with Crippen molar-refractivity contribution in [2.45, 2.75) is 24.8 Å². The van der Waals surface area contributed by atoms with E-state index < -0.39 is 15.9 Å². The number of aryl methyl sites for hydroxylation is 3. The lowest BCUT2D eigenvalue weighted by Crippen LogP contribution is -2.31. The Morgan fingerprint density at radius 2 is 1.73 bits per heavy atom. The van der Waals surface area contributed by atoms with Crippen LogP contribution in [0.4, 0.5) is 0 Å². The first-order valence-corrected chi connectivity index (χ1v) is 9.63. The molecule has 0 aliphatic carbocycles. The second-order valence-electron chi connectivity index (χ2n) is 5.95. The summed E-state index contributed by atoms with van der Waals surface area (Å²) in [6.07, 6.45) is 2.43. The SMILES string of the molecule is Cc1ccc(S(=O)(=O)NC(=O)c2ccn(CCc3ccccc3)n2)cc1. The van der Waals surface area contributed by atoms with Gasteiger partial charge in [-0.2, -0.15) is 5.10 Å². The average molecular weight is 369 g/mol. The van der Waals surface area contributed by atoms with Crippen LogP contribution < -0.4 is 4.72 Å². The molecule has 3 aromatic rings. The van der Waals surface area contributed by atoms with Crippen molar-refractivity contribution in [1.29, 1.82) is 0 Å². The molecule has 0 saturated carbocycles. The number of nitrogens with zero attached hydrogens (tertiary/aromatic N) is 2. The Kier molecular flexibility index (Phi) is 5.18. The van der Waals surface area contributed by atoms with E-state index in [2.05, 4.69) is 9.82 Å². The Morgan fingerprint density at radius 3 is 2.42 bits per heavy atom. The number of benzene rings is 2. The summed E-state index contributed by atoms with van der Waals surface area (Å²) in [6.45, 7) is 2.46. The summed E-state index contributed by atoms with van der Waals surface area (Å²) in [6, 6.07) is 17.7. The molecule has 1 heterocycles. The summed E-state index contributed by atoms with van der Waals surface area (Å²) in [7, 11) is -3.92. The molecule has 1 amide bonds. The fourth-order valence-corrected chi connectivity index (χ4v) is 3.41. The summed E-state index contributed by atoms with van der Waals surface area (Å²) < 4.78 is 28.2. The van der Waals surface area contributed by atoms with Gasteiger partial charge in [-0.1, -0.05) is 48.0 Å². The lowest BCUT2D eigenvalue weighted by molar-refractivity contribution is 0.0975. The maximum absolute atomic E-state index is 12.3. The Bertz CT molecular complexity index is 994. The number of aromatic nitrogens is 2. The highest BCUT2D eigenvalue weighted by atomic mass is 32.2. The fraction of sp³-hybridized carbons (Fsp3) is 0.158. The Balaban J connectivity index is 1.65. The summed E-state index contributed by atoms with van der Waals surface area (Å²) in [5, 5.41) is 4.16. The largest absolute Gasteiger partial charge is 0.285 e. The second kappa shape index (κ2) is 7.53. The van der Waals surface area contributed by atoms with Crippen molar-refractivity contribution in [2.24, 2.45) is 0 Å². The lowest BCUT2D eigenvalue weighted by atomic mass is 10.2. The van der Waals surface area contributed by atoms with Gasteiger partial charge in [-0.05, 0) is 37.1 Å². The monoisotopic (exact) mass is 369 g/mol. The van der Waals surface area contributed by atoms with Gasteiger partial charge in [-0.25, -0.2) is 13.1 Å². The van der Waals surface area contributed by atoms with Crippen LogP contribution in [0.25, 0.3) is 0 Å². The maximum atomic E-state index is 12.3. The van der Waals surface area contributed by atoms with Crippen LogP contribution in [-0.2, 0) is 23.0 Å². The van der Waals surface area contributed by atoms with E-state index in [1.54, 1.807) is 23.0 Å². The molecule has 134 valence electrons. The highest BCUT2D eigenvalue weighted by Gasteiger charge is 2.20. The fourth-order valence-electron chi connectivity index (χ4n) is 2.45. The predicted molar refractivity (Wildman–Crippen MR) is 98.2 cm³/mol. The molecule has 0 fully saturated rings. The Hall–Kier alpha value is -2.93. The smallest absolute Gasteiger partial charge is 0.272 e. The highest BCUT2D eigenvalue weighted by Crippen LogP contribution is 2.11. The molecule has 0 spiro atoms. The number of hydrogen-bond acceptors (Lipinski definition) is 4. The predicted octanol–water partition coefficient (Wildman–Crippen LogP) is 2.55. The van der Waals surface area contributed by atoms with Gasteiger partial charge in [-0.3, -0.25) is 9.48 Å². The molecule has 26 heavy (non-hydrogen) atoms. The van der Waals surface area contributed by atoms with Crippen LogP contribution in [-0.4, -0.2) is 24.1 Å². The number of carbonyl (C=O) groups excluding carboxylic acids is 1. The molecular formula is C19H19N3O3S. The van der Waals surface area contributed by atoms with Crippen molar-refractivity contribution in [1.82, 2.24) is 14.5 Å². The molecule has 0 unspecified atom stereocenters. The van der Waals surface area contributed by atoms with Gasteiger partial charge in [0.2, 0.25) is 0 Å². The van der Waals surface area contributed by atoms with Crippen molar-refractivity contribution in [2.75, 3.05) is 0 Å². The van der Waals surface area contributed by atoms with Gasteiger partial charge >= 0.3 is 0 Å². The Morgan fingerprint density at radius 1 is 1.04 bits per heavy atom. The number of amides is 1. The van der Waals surface area contributed by atoms with Crippen LogP contribution in [0, 0.1) is 6.92 Å². The lowest BCUT2D eigenvalue weighted by Gasteiger charge is -2.06. The van der Waals surface area contributed by atoms with Gasteiger partial charge in [-0.15, -0.1) is 0 Å². The number of nitrogens with one attached hydrogen (secondary N) is 1. The summed E-state index contributed by atoms with van der Waals surface area (Å²) in [4.78, 5) is 12.3. The highest BCUT2D eigenvalue weighted by molar-refractivity contribution is 7.90. The molecule has 0 aliphatic rings. The molecule has 1 aromatic heterocycles. The molecule has 7 heteroatoms. The molecule has 2 aromatic carbocycles. The third-order valence-electron chi connectivity index (χ3n) is 3.90. The number of rotatable bonds is 6. The zero-order valence-corrected chi connectivity index (χ0v) is 15.1. The van der Waals surface area contributed by atoms with E-state index in [1.807, 2.05) is 37.3 Å². The van der Waals surface area contributed by atoms with Crippen LogP contribution in [0.3, 0.4) is 0 Å². The minimum atomic E-state index is -3.92. The zero-order chi connectivity index (χ0) is 18.6. The molecule has 0 bridgehead atoms. The maximum Gasteiger partial charge on any atom is 0.285 e. The number of sulfonamides is 1. The standard InChI is InChI=1S/C19H19N3O3S/c1-15-7-9-17(10-8-15)26(24,25)21-19(23)18-12-14-22(20-18)13-11-16-5-3-2-4-6-16/h2-10,12,14H,11,13H2,1H3,(H,21,23). The first-order chi connectivity index (χ1) is 12.4. The van der Waals surface area contributed by atoms with Crippen LogP contribution in [0.2, 0.25) is 0 Å². The van der Waals surface area contributed by atoms with Crippen molar-refractivity contribution in [3.63, 3.8) is 0 Å². The Labute approximate surface area is 152 Å². The molecule has 0 aliphatic heterocycles. The molecule has 0 radical (unpaired) electrons. The third kappa shape index (κ3) is 4.37. The minimum absolute atomic E-state index is 0.0416. The van der Waals surface area contributed by atoms with Gasteiger partial charge in [0.1, 0.15) is 0 Å². The number of hydrogen-bond donors (Lipinski definition) is 1. The van der Waals surface area contributed by atoms with Crippen molar-refractivity contribution >= 4 is 15.9 Å². The normalized spacial score (nSPS) is 11.3. The van der Waals surface area contributed by atoms with Crippen molar-refractivity contribution < 1.29 is 13.2 Å². The number of carbonyl (C=O) groups is 1. The van der Waals surface area contributed by atoms with E-state index >= 15 is 0 Å². The molecule has 0 atom stereocenters. The molecular weight excluding hydrogens is 350 g/mol. The third-order valence-corrected chi connectivity index (χ3v) is 5.25. The van der Waals surface area contributed by atoms with Gasteiger partial charge in [0.05, 0.1) is 4.90 Å². The molecule has 0 saturated heterocycles. The van der Waals surface area contributed by atoms with E-state index in [-0.39, 0.29) is 10.6 Å². The first kappa shape index (κ1) is 17.9. The summed E-state index contributed by atoms with van der Waals surface area (Å²) in [5.41, 5.74) is 2.16. The van der Waals surface area contributed by atoms with Gasteiger partial charge in [0, 0.05) is 12.7 Å². The average Bonchev–Trinajstić information content (AvgIpc) is 3.10. The first-order valence-electron chi connectivity index (χ1n) is 8.15. The topological polar surface area (TPSA) is 81.1 Å². The quantitative estimate of drug-likeness (QED) is 0.724. The van der Waals surface area contributed by atoms with Crippen molar-refractivity contribution in [3.8, 4) is 0 Å². The minimum Gasteiger partial charge on any atom is -0.272 e. The second-order valence-corrected chi connectivity index (χ2v) is 7.63. The van der Waals surface area contributed by atoms with Crippen LogP contribution in [0.15, 0.2) is 71.8 Å². The zero-order valence-electron chi connectivity index (χ0n) is 14.3. The van der Waals surface area contributed by atoms with Crippen molar-refractivity contribution in [3.05, 3.63) is 83.7 Å². The van der Waals surface area contributed by atoms with E-state index in [0.717, 1.165) is 17.5 Å². The van der Waals surface area contributed by atoms with E-state index in [4.69, 9.17) is 0 Å². The van der Waals surface area contributed by atoms with Crippen LogP contribution in [0.1, 0.15) is 21.6 Å². The summed E-state index contributed by atoms with van der Waals surface area (Å²) >= 11 is 0. The van der Waals surface area contributed by atoms with E-state index in [1.165, 1.54) is 18.2 Å². The molecule has 3 rings (SSSR count). The van der Waals surface area contributed by atoms with Gasteiger partial charge in [0.15, 0.2) is 5.69 Å². The molecule has 6 nitrogen and oxygen atoms in total. The van der Waals surface area contributed by atoms with Crippen LogP contribution in [0.5, 0.6) is 0 Å². The van der Waals surface area contributed by atoms with Crippen LogP contribution >= 0.6 is 0 Å². The van der Waals surface area contributed by atoms with E-state index in [0.29, 0.717) is 6.54 Å². The molecule has 1 N–H and O–H groups in total. The van der Waals surface area contributed by atoms with Gasteiger partial charge < -0.3 is 0 Å². The van der Waals surface area contributed by atoms with E-state index in [9.17, 15) is 13.2 Å². The van der Waals surface area contributed by atoms with Gasteiger partial charge in [0.25, 0.3) is 15.9 Å².